The summed E-state index contributed by atoms with van der Waals surface area (Å²) in [5, 5.41) is 7.69. The van der Waals surface area contributed by atoms with Gasteiger partial charge in [0.1, 0.15) is 11.6 Å². The van der Waals surface area contributed by atoms with Crippen molar-refractivity contribution < 1.29 is 14.3 Å². The minimum atomic E-state index is -0.730. The van der Waals surface area contributed by atoms with Crippen LogP contribution in [-0.4, -0.2) is 33.6 Å². The quantitative estimate of drug-likeness (QED) is 0.725. The molecule has 0 aliphatic carbocycles. The fourth-order valence-electron chi connectivity index (χ4n) is 2.29. The summed E-state index contributed by atoms with van der Waals surface area (Å²) >= 11 is 1.31. The lowest BCUT2D eigenvalue weighted by molar-refractivity contribution is -0.158. The highest BCUT2D eigenvalue weighted by Gasteiger charge is 2.30. The Bertz CT molecular complexity index is 771. The summed E-state index contributed by atoms with van der Waals surface area (Å²) in [7, 11) is 0. The topological polar surface area (TPSA) is 93.2 Å². The van der Waals surface area contributed by atoms with Gasteiger partial charge in [-0.3, -0.25) is 10.3 Å². The summed E-state index contributed by atoms with van der Waals surface area (Å²) in [6, 6.07) is 2.50. The minimum absolute atomic E-state index is 0.0622. The van der Waals surface area contributed by atoms with Crippen LogP contribution in [-0.2, 0) is 9.53 Å². The predicted octanol–water partition coefficient (Wildman–Crippen LogP) is 4.08. The number of carbonyl (C=O) groups excluding carboxylic acids is 2. The third-order valence-electron chi connectivity index (χ3n) is 3.84. The zero-order valence-electron chi connectivity index (χ0n) is 16.3. The van der Waals surface area contributed by atoms with E-state index in [9.17, 15) is 9.59 Å². The first kappa shape index (κ1) is 20.8. The Balaban J connectivity index is 2.03. The second-order valence-electron chi connectivity index (χ2n) is 7.27. The van der Waals surface area contributed by atoms with E-state index in [2.05, 4.69) is 20.6 Å². The van der Waals surface area contributed by atoms with Crippen molar-refractivity contribution in [1.82, 2.24) is 15.3 Å². The summed E-state index contributed by atoms with van der Waals surface area (Å²) in [6.07, 6.45) is 4.13. The molecule has 0 radical (unpaired) electrons. The monoisotopic (exact) mass is 390 g/mol. The van der Waals surface area contributed by atoms with E-state index in [1.807, 2.05) is 31.4 Å². The largest absolute Gasteiger partial charge is 0.458 e. The van der Waals surface area contributed by atoms with Crippen molar-refractivity contribution >= 4 is 28.5 Å². The minimum Gasteiger partial charge on any atom is -0.458 e. The van der Waals surface area contributed by atoms with Gasteiger partial charge in [0.15, 0.2) is 5.13 Å². The van der Waals surface area contributed by atoms with E-state index in [1.165, 1.54) is 11.3 Å². The molecule has 0 spiro atoms. The van der Waals surface area contributed by atoms with E-state index in [0.29, 0.717) is 5.13 Å². The number of hydrogen-bond acceptors (Lipinski definition) is 6. The molecule has 146 valence electrons. The van der Waals surface area contributed by atoms with Gasteiger partial charge in [-0.15, -0.1) is 11.3 Å². The highest BCUT2D eigenvalue weighted by atomic mass is 32.1. The predicted molar refractivity (Wildman–Crippen MR) is 107 cm³/mol. The number of amides is 2. The molecule has 0 unspecified atom stereocenters. The Hall–Kier alpha value is -2.48. The maximum atomic E-state index is 12.5. The maximum Gasteiger partial charge on any atom is 0.329 e. The number of esters is 1. The van der Waals surface area contributed by atoms with Crippen LogP contribution in [0.4, 0.5) is 9.93 Å². The summed E-state index contributed by atoms with van der Waals surface area (Å²) in [5.41, 5.74) is 0.983. The van der Waals surface area contributed by atoms with Gasteiger partial charge in [-0.1, -0.05) is 20.3 Å². The molecule has 0 aliphatic heterocycles. The van der Waals surface area contributed by atoms with E-state index in [4.69, 9.17) is 4.74 Å². The number of anilines is 1. The van der Waals surface area contributed by atoms with Crippen molar-refractivity contribution in [3.63, 3.8) is 0 Å². The van der Waals surface area contributed by atoms with E-state index in [1.54, 1.807) is 33.2 Å². The number of rotatable bonds is 6. The number of carbonyl (C=O) groups is 2. The smallest absolute Gasteiger partial charge is 0.329 e. The van der Waals surface area contributed by atoms with Gasteiger partial charge in [0.25, 0.3) is 0 Å². The summed E-state index contributed by atoms with van der Waals surface area (Å²) in [5.74, 6) is -0.505. The molecule has 7 nitrogen and oxygen atoms in total. The first-order valence-electron chi connectivity index (χ1n) is 8.86. The van der Waals surface area contributed by atoms with Gasteiger partial charge >= 0.3 is 12.0 Å². The number of urea groups is 1. The molecule has 8 heteroatoms. The molecule has 2 aromatic rings. The van der Waals surface area contributed by atoms with Gasteiger partial charge in [-0.2, -0.15) is 0 Å². The fraction of sp³-hybridized carbons (Fsp3) is 0.474. The molecule has 0 saturated carbocycles. The van der Waals surface area contributed by atoms with E-state index in [0.717, 1.165) is 17.7 Å². The number of hydrogen-bond donors (Lipinski definition) is 2. The first-order chi connectivity index (χ1) is 12.7. The Labute approximate surface area is 163 Å². The fourth-order valence-corrected chi connectivity index (χ4v) is 3.00. The van der Waals surface area contributed by atoms with Gasteiger partial charge < -0.3 is 10.1 Å². The summed E-state index contributed by atoms with van der Waals surface area (Å²) in [4.78, 5) is 33.3. The molecule has 0 aliphatic rings. The van der Waals surface area contributed by atoms with Crippen LogP contribution in [0, 0.1) is 5.92 Å². The standard InChI is InChI=1S/C19H26N4O3S/c1-6-12(2)15(16(24)26-19(3,4)5)22-17(25)23-18-21-14(11-27-18)13-8-7-9-20-10-13/h7-12,15H,6H2,1-5H3,(H2,21,22,23,25)/t12-,15-/m0/s1. The van der Waals surface area contributed by atoms with E-state index < -0.39 is 23.6 Å². The molecule has 0 saturated heterocycles. The van der Waals surface area contributed by atoms with Crippen LogP contribution in [0.25, 0.3) is 11.3 Å². The van der Waals surface area contributed by atoms with Gasteiger partial charge in [0.2, 0.25) is 0 Å². The molecular formula is C19H26N4O3S. The van der Waals surface area contributed by atoms with Crippen molar-refractivity contribution in [2.75, 3.05) is 5.32 Å². The molecule has 27 heavy (non-hydrogen) atoms. The average Bonchev–Trinajstić information content (AvgIpc) is 3.06. The molecule has 2 heterocycles. The molecule has 2 atom stereocenters. The van der Waals surface area contributed by atoms with Crippen LogP contribution in [0.15, 0.2) is 29.9 Å². The highest BCUT2D eigenvalue weighted by Crippen LogP contribution is 2.24. The van der Waals surface area contributed by atoms with Crippen LogP contribution in [0.2, 0.25) is 0 Å². The molecule has 0 bridgehead atoms. The molecule has 2 N–H and O–H groups in total. The summed E-state index contributed by atoms with van der Waals surface area (Å²) in [6.45, 7) is 9.26. The summed E-state index contributed by atoms with van der Waals surface area (Å²) < 4.78 is 5.43. The third kappa shape index (κ3) is 6.32. The Morgan fingerprint density at radius 3 is 2.67 bits per heavy atom. The number of nitrogens with zero attached hydrogens (tertiary/aromatic N) is 2. The van der Waals surface area contributed by atoms with Crippen molar-refractivity contribution in [2.24, 2.45) is 5.92 Å². The number of ether oxygens (including phenoxy) is 1. The highest BCUT2D eigenvalue weighted by molar-refractivity contribution is 7.14. The molecule has 2 rings (SSSR count). The van der Waals surface area contributed by atoms with Crippen LogP contribution in [0.5, 0.6) is 0 Å². The van der Waals surface area contributed by atoms with Gasteiger partial charge in [0, 0.05) is 23.3 Å². The van der Waals surface area contributed by atoms with Crippen molar-refractivity contribution in [1.29, 1.82) is 0 Å². The van der Waals surface area contributed by atoms with Crippen LogP contribution in [0.1, 0.15) is 41.0 Å². The zero-order chi connectivity index (χ0) is 20.0. The van der Waals surface area contributed by atoms with Gasteiger partial charge in [-0.25, -0.2) is 14.6 Å². The Morgan fingerprint density at radius 2 is 2.07 bits per heavy atom. The zero-order valence-corrected chi connectivity index (χ0v) is 17.1. The second-order valence-corrected chi connectivity index (χ2v) is 8.13. The average molecular weight is 391 g/mol. The van der Waals surface area contributed by atoms with Gasteiger partial charge in [0.05, 0.1) is 5.69 Å². The maximum absolute atomic E-state index is 12.5. The Morgan fingerprint density at radius 1 is 1.33 bits per heavy atom. The number of pyridine rings is 1. The number of nitrogens with one attached hydrogen (secondary N) is 2. The molecule has 2 aromatic heterocycles. The molecule has 2 amide bonds. The lowest BCUT2D eigenvalue weighted by Gasteiger charge is -2.27. The SMILES string of the molecule is CC[C@H](C)[C@H](NC(=O)Nc1nc(-c2cccnc2)cs1)C(=O)OC(C)(C)C. The van der Waals surface area contributed by atoms with Crippen molar-refractivity contribution in [3.8, 4) is 11.3 Å². The number of thiazole rings is 1. The van der Waals surface area contributed by atoms with Crippen LogP contribution < -0.4 is 10.6 Å². The first-order valence-corrected chi connectivity index (χ1v) is 9.74. The molecule has 0 fully saturated rings. The van der Waals surface area contributed by atoms with Crippen molar-refractivity contribution in [2.45, 2.75) is 52.7 Å². The van der Waals surface area contributed by atoms with E-state index >= 15 is 0 Å². The van der Waals surface area contributed by atoms with Crippen LogP contribution >= 0.6 is 11.3 Å². The normalized spacial score (nSPS) is 13.5. The third-order valence-corrected chi connectivity index (χ3v) is 4.60. The van der Waals surface area contributed by atoms with Gasteiger partial charge in [-0.05, 0) is 38.8 Å². The lowest BCUT2D eigenvalue weighted by Crippen LogP contribution is -2.49. The van der Waals surface area contributed by atoms with Crippen molar-refractivity contribution in [3.05, 3.63) is 29.9 Å². The second kappa shape index (κ2) is 8.94. The molecular weight excluding hydrogens is 364 g/mol. The van der Waals surface area contributed by atoms with Crippen LogP contribution in [0.3, 0.4) is 0 Å². The molecule has 0 aromatic carbocycles. The Kier molecular flexibility index (Phi) is 6.90. The lowest BCUT2D eigenvalue weighted by atomic mass is 9.99. The van der Waals surface area contributed by atoms with E-state index in [-0.39, 0.29) is 5.92 Å². The number of aromatic nitrogens is 2.